The number of halogens is 2. The summed E-state index contributed by atoms with van der Waals surface area (Å²) in [4.78, 5) is 38.2. The predicted molar refractivity (Wildman–Crippen MR) is 80.0 cm³/mol. The number of rotatable bonds is 5. The molecule has 23 heavy (non-hydrogen) atoms. The molecule has 0 saturated carbocycles. The molecule has 0 spiro atoms. The summed E-state index contributed by atoms with van der Waals surface area (Å²) >= 11 is 3.03. The molecule has 0 aromatic carbocycles. The van der Waals surface area contributed by atoms with E-state index in [1.165, 1.54) is 12.3 Å². The number of H-pyrrole nitrogens is 1. The molecule has 9 nitrogen and oxygen atoms in total. The molecule has 120 valence electrons. The van der Waals surface area contributed by atoms with Gasteiger partial charge in [0.2, 0.25) is 5.91 Å². The molecule has 0 atom stereocenters. The maximum Gasteiger partial charge on any atom is 0.271 e. The summed E-state index contributed by atoms with van der Waals surface area (Å²) < 4.78 is 13.9. The van der Waals surface area contributed by atoms with Gasteiger partial charge in [-0.15, -0.1) is 0 Å². The Morgan fingerprint density at radius 2 is 2.04 bits per heavy atom. The number of carbonyl (C=O) groups excluding carboxylic acids is 3. The quantitative estimate of drug-likeness (QED) is 0.543. The van der Waals surface area contributed by atoms with Crippen LogP contribution in [0.2, 0.25) is 0 Å². The van der Waals surface area contributed by atoms with Crippen molar-refractivity contribution in [2.24, 2.45) is 5.73 Å². The van der Waals surface area contributed by atoms with Gasteiger partial charge < -0.3 is 16.4 Å². The molecule has 11 heteroatoms. The Morgan fingerprint density at radius 1 is 1.30 bits per heavy atom. The predicted octanol–water partition coefficient (Wildman–Crippen LogP) is 0.174. The maximum absolute atomic E-state index is 13.6. The normalized spacial score (nSPS) is 10.2. The molecule has 0 fully saturated rings. The van der Waals surface area contributed by atoms with E-state index in [-0.39, 0.29) is 28.1 Å². The van der Waals surface area contributed by atoms with Gasteiger partial charge in [0.15, 0.2) is 5.82 Å². The maximum atomic E-state index is 13.6. The highest BCUT2D eigenvalue weighted by molar-refractivity contribution is 9.10. The first-order chi connectivity index (χ1) is 10.9. The van der Waals surface area contributed by atoms with Gasteiger partial charge >= 0.3 is 0 Å². The molecule has 0 aliphatic heterocycles. The van der Waals surface area contributed by atoms with Crippen molar-refractivity contribution in [2.45, 2.75) is 0 Å². The zero-order chi connectivity index (χ0) is 17.0. The first-order valence-electron chi connectivity index (χ1n) is 6.10. The van der Waals surface area contributed by atoms with Crippen LogP contribution in [0.5, 0.6) is 0 Å². The molecule has 2 aromatic rings. The number of hydrogen-bond acceptors (Lipinski definition) is 5. The number of aromatic amines is 1. The third-order valence-corrected chi connectivity index (χ3v) is 3.04. The summed E-state index contributed by atoms with van der Waals surface area (Å²) in [5.74, 6) is -3.05. The second-order valence-electron chi connectivity index (χ2n) is 4.25. The van der Waals surface area contributed by atoms with Crippen LogP contribution in [0.4, 0.5) is 10.1 Å². The molecule has 0 radical (unpaired) electrons. The first kappa shape index (κ1) is 16.5. The second-order valence-corrected chi connectivity index (χ2v) is 5.06. The lowest BCUT2D eigenvalue weighted by Gasteiger charge is -2.07. The van der Waals surface area contributed by atoms with E-state index in [1.807, 2.05) is 0 Å². The van der Waals surface area contributed by atoms with Gasteiger partial charge in [0.1, 0.15) is 10.3 Å². The van der Waals surface area contributed by atoms with Gasteiger partial charge in [-0.3, -0.25) is 19.5 Å². The molecule has 2 heterocycles. The Morgan fingerprint density at radius 3 is 2.74 bits per heavy atom. The van der Waals surface area contributed by atoms with Gasteiger partial charge in [-0.2, -0.15) is 5.10 Å². The zero-order valence-corrected chi connectivity index (χ0v) is 13.0. The minimum atomic E-state index is -0.825. The van der Waals surface area contributed by atoms with E-state index < -0.39 is 23.5 Å². The Labute approximate surface area is 137 Å². The minimum Gasteiger partial charge on any atom is -0.368 e. The SMILES string of the molecule is NC(=O)CNC(=O)c1[nH]ncc1NC(=O)c1cc(Br)ncc1F. The smallest absolute Gasteiger partial charge is 0.271 e. The number of anilines is 1. The summed E-state index contributed by atoms with van der Waals surface area (Å²) in [5, 5.41) is 10.6. The van der Waals surface area contributed by atoms with E-state index in [4.69, 9.17) is 5.73 Å². The average Bonchev–Trinajstić information content (AvgIpc) is 2.95. The summed E-state index contributed by atoms with van der Waals surface area (Å²) in [6.07, 6.45) is 2.06. The van der Waals surface area contributed by atoms with E-state index in [9.17, 15) is 18.8 Å². The standard InChI is InChI=1S/C12H10BrFN6O3/c13-8-1-5(6(14)2-16-8)11(22)19-7-3-18-20-10(7)12(23)17-4-9(15)21/h1-3H,4H2,(H2,15,21)(H,17,23)(H,18,20)(H,19,22). The number of pyridine rings is 1. The summed E-state index contributed by atoms with van der Waals surface area (Å²) in [7, 11) is 0. The van der Waals surface area contributed by atoms with Crippen molar-refractivity contribution in [1.82, 2.24) is 20.5 Å². The Hall–Kier alpha value is -2.82. The van der Waals surface area contributed by atoms with Crippen LogP contribution >= 0.6 is 15.9 Å². The number of aromatic nitrogens is 3. The molecule has 0 saturated heterocycles. The molecule has 2 aromatic heterocycles. The van der Waals surface area contributed by atoms with Crippen LogP contribution in [0.1, 0.15) is 20.8 Å². The Kier molecular flexibility index (Phi) is 5.01. The Bertz CT molecular complexity index is 778. The first-order valence-corrected chi connectivity index (χ1v) is 6.90. The van der Waals surface area contributed by atoms with Crippen molar-refractivity contribution in [1.29, 1.82) is 0 Å². The van der Waals surface area contributed by atoms with E-state index in [2.05, 4.69) is 41.7 Å². The molecule has 2 rings (SSSR count). The molecular formula is C12H10BrFN6O3. The van der Waals surface area contributed by atoms with Crippen molar-refractivity contribution in [3.05, 3.63) is 40.1 Å². The van der Waals surface area contributed by atoms with E-state index >= 15 is 0 Å². The van der Waals surface area contributed by atoms with Crippen LogP contribution in [-0.4, -0.2) is 39.4 Å². The highest BCUT2D eigenvalue weighted by Gasteiger charge is 2.19. The highest BCUT2D eigenvalue weighted by Crippen LogP contribution is 2.16. The van der Waals surface area contributed by atoms with E-state index in [1.54, 1.807) is 0 Å². The van der Waals surface area contributed by atoms with Crippen molar-refractivity contribution in [3.63, 3.8) is 0 Å². The van der Waals surface area contributed by atoms with Crippen molar-refractivity contribution in [3.8, 4) is 0 Å². The van der Waals surface area contributed by atoms with E-state index in [0.29, 0.717) is 0 Å². The summed E-state index contributed by atoms with van der Waals surface area (Å²) in [6.45, 7) is -0.378. The molecule has 5 N–H and O–H groups in total. The molecule has 3 amide bonds. The lowest BCUT2D eigenvalue weighted by atomic mass is 10.2. The van der Waals surface area contributed by atoms with Gasteiger partial charge in [0.05, 0.1) is 30.2 Å². The van der Waals surface area contributed by atoms with Crippen LogP contribution in [-0.2, 0) is 4.79 Å². The molecule has 0 bridgehead atoms. The number of amides is 3. The van der Waals surface area contributed by atoms with E-state index in [0.717, 1.165) is 6.20 Å². The summed E-state index contributed by atoms with van der Waals surface area (Å²) in [6, 6.07) is 1.19. The number of carbonyl (C=O) groups is 3. The van der Waals surface area contributed by atoms with Crippen LogP contribution < -0.4 is 16.4 Å². The third kappa shape index (κ3) is 4.10. The average molecular weight is 385 g/mol. The largest absolute Gasteiger partial charge is 0.368 e. The van der Waals surface area contributed by atoms with Crippen LogP contribution in [0, 0.1) is 5.82 Å². The van der Waals surface area contributed by atoms with Gasteiger partial charge in [0, 0.05) is 0 Å². The van der Waals surface area contributed by atoms with Gasteiger partial charge in [0.25, 0.3) is 11.8 Å². The number of nitrogens with one attached hydrogen (secondary N) is 3. The van der Waals surface area contributed by atoms with Crippen LogP contribution in [0.3, 0.4) is 0 Å². The Balaban J connectivity index is 2.16. The monoisotopic (exact) mass is 384 g/mol. The van der Waals surface area contributed by atoms with Crippen LogP contribution in [0.25, 0.3) is 0 Å². The van der Waals surface area contributed by atoms with Gasteiger partial charge in [-0.05, 0) is 22.0 Å². The summed E-state index contributed by atoms with van der Waals surface area (Å²) in [5.41, 5.74) is 4.57. The lowest BCUT2D eigenvalue weighted by molar-refractivity contribution is -0.117. The van der Waals surface area contributed by atoms with Crippen molar-refractivity contribution < 1.29 is 18.8 Å². The molecule has 0 aliphatic carbocycles. The fourth-order valence-electron chi connectivity index (χ4n) is 1.59. The van der Waals surface area contributed by atoms with Crippen molar-refractivity contribution in [2.75, 3.05) is 11.9 Å². The van der Waals surface area contributed by atoms with Gasteiger partial charge in [-0.1, -0.05) is 0 Å². The van der Waals surface area contributed by atoms with Crippen molar-refractivity contribution >= 4 is 39.3 Å². The number of nitrogens with zero attached hydrogens (tertiary/aromatic N) is 2. The fourth-order valence-corrected chi connectivity index (χ4v) is 1.92. The molecule has 0 aliphatic rings. The molecular weight excluding hydrogens is 375 g/mol. The zero-order valence-electron chi connectivity index (χ0n) is 11.4. The number of primary amides is 1. The fraction of sp³-hybridized carbons (Fsp3) is 0.0833. The second kappa shape index (κ2) is 6.96. The number of nitrogens with two attached hydrogens (primary N) is 1. The minimum absolute atomic E-state index is 0.0179. The van der Waals surface area contributed by atoms with Crippen LogP contribution in [0.15, 0.2) is 23.1 Å². The topological polar surface area (TPSA) is 143 Å². The lowest BCUT2D eigenvalue weighted by Crippen LogP contribution is -2.34. The number of hydrogen-bond donors (Lipinski definition) is 4. The van der Waals surface area contributed by atoms with Gasteiger partial charge in [-0.25, -0.2) is 9.37 Å². The molecule has 0 unspecified atom stereocenters. The third-order valence-electron chi connectivity index (χ3n) is 2.60. The highest BCUT2D eigenvalue weighted by atomic mass is 79.9.